The van der Waals surface area contributed by atoms with E-state index in [0.717, 1.165) is 144 Å². The number of carbonyl (C=O) groups is 6. The second kappa shape index (κ2) is 25.4. The zero-order valence-corrected chi connectivity index (χ0v) is 51.7. The highest BCUT2D eigenvalue weighted by Gasteiger charge is 2.38. The molecule has 0 saturated heterocycles. The maximum absolute atomic E-state index is 14.2. The molecule has 88 heavy (non-hydrogen) atoms. The average molecular weight is 1170 g/mol. The van der Waals surface area contributed by atoms with Crippen molar-refractivity contribution in [3.8, 4) is 33.4 Å². The molecular weight excluding hydrogens is 1090 g/mol. The van der Waals surface area contributed by atoms with Gasteiger partial charge in [0.15, 0.2) is 0 Å². The van der Waals surface area contributed by atoms with E-state index in [1.165, 1.54) is 14.7 Å². The van der Waals surface area contributed by atoms with Gasteiger partial charge in [0.25, 0.3) is 35.4 Å². The van der Waals surface area contributed by atoms with Crippen LogP contribution < -0.4 is 4.90 Å². The van der Waals surface area contributed by atoms with Crippen LogP contribution in [0.25, 0.3) is 65.7 Å². The highest BCUT2D eigenvalue weighted by molar-refractivity contribution is 6.29. The number of carbonyl (C=O) groups excluding carboxylic acids is 6. The van der Waals surface area contributed by atoms with E-state index < -0.39 is 0 Å². The van der Waals surface area contributed by atoms with Gasteiger partial charge in [-0.25, -0.2) is 0 Å². The molecule has 0 aliphatic carbocycles. The Morgan fingerprint density at radius 1 is 0.295 bits per heavy atom. The molecule has 0 fully saturated rings. The molecule has 446 valence electrons. The predicted octanol–water partition coefficient (Wildman–Crippen LogP) is 19.1. The SMILES string of the molecule is CCCCC(CC)CN1C(=O)c2cccc3c(-c4ccc(N(c5ccc(-c6ccc7c8c(cccc68)C(=O)N(CC(CC)CCCC)C7=O)cc5)c5ccc(-c6ccc7c8c(cccc68)C(=O)N(CC(CC)CCCC)C7=O)cc5)cc4)ccc(c23)C1=O. The van der Waals surface area contributed by atoms with Gasteiger partial charge in [-0.05, 0) is 159 Å². The summed E-state index contributed by atoms with van der Waals surface area (Å²) in [4.78, 5) is 91.9. The number of anilines is 3. The zero-order valence-electron chi connectivity index (χ0n) is 51.7. The Balaban J connectivity index is 0.900. The van der Waals surface area contributed by atoms with Gasteiger partial charge in [-0.3, -0.25) is 43.5 Å². The summed E-state index contributed by atoms with van der Waals surface area (Å²) in [5.74, 6) is -0.698. The lowest BCUT2D eigenvalue weighted by atomic mass is 9.88. The van der Waals surface area contributed by atoms with Crippen molar-refractivity contribution in [3.63, 3.8) is 0 Å². The quantitative estimate of drug-likeness (QED) is 0.0553. The number of rotatable bonds is 24. The molecular formula is C78H78N4O6. The van der Waals surface area contributed by atoms with Crippen molar-refractivity contribution in [1.29, 1.82) is 0 Å². The maximum atomic E-state index is 14.2. The summed E-state index contributed by atoms with van der Waals surface area (Å²) in [5, 5.41) is 4.61. The second-order valence-corrected chi connectivity index (χ2v) is 24.6. The van der Waals surface area contributed by atoms with Crippen molar-refractivity contribution >= 4 is 84.8 Å². The molecule has 10 heteroatoms. The molecule has 3 aliphatic rings. The van der Waals surface area contributed by atoms with Crippen LogP contribution in [0.15, 0.2) is 164 Å². The summed E-state index contributed by atoms with van der Waals surface area (Å²) in [5.41, 5.74) is 11.5. The Labute approximate surface area is 517 Å². The van der Waals surface area contributed by atoms with Crippen molar-refractivity contribution in [2.45, 2.75) is 119 Å². The van der Waals surface area contributed by atoms with Crippen LogP contribution in [0.5, 0.6) is 0 Å². The van der Waals surface area contributed by atoms with Gasteiger partial charge in [-0.1, -0.05) is 190 Å². The fourth-order valence-electron chi connectivity index (χ4n) is 14.0. The molecule has 9 aromatic carbocycles. The first-order valence-electron chi connectivity index (χ1n) is 32.3. The lowest BCUT2D eigenvalue weighted by Crippen LogP contribution is -2.43. The summed E-state index contributed by atoms with van der Waals surface area (Å²) in [6.07, 6.45) is 12.0. The minimum absolute atomic E-state index is 0.239. The molecule has 3 atom stereocenters. The topological polar surface area (TPSA) is 115 Å². The minimum atomic E-state index is -0.239. The van der Waals surface area contributed by atoms with Crippen LogP contribution in [0, 0.1) is 17.8 Å². The van der Waals surface area contributed by atoms with Gasteiger partial charge in [0.2, 0.25) is 0 Å². The van der Waals surface area contributed by atoms with Crippen LogP contribution in [0.2, 0.25) is 0 Å². The van der Waals surface area contributed by atoms with E-state index >= 15 is 0 Å². The third-order valence-corrected chi connectivity index (χ3v) is 19.2. The van der Waals surface area contributed by atoms with Crippen molar-refractivity contribution in [2.75, 3.05) is 24.5 Å². The number of hydrogen-bond donors (Lipinski definition) is 0. The molecule has 0 radical (unpaired) electrons. The fraction of sp³-hybridized carbons (Fsp3) is 0.308. The number of nitrogens with zero attached hydrogens (tertiary/aromatic N) is 4. The predicted molar refractivity (Wildman–Crippen MR) is 356 cm³/mol. The van der Waals surface area contributed by atoms with E-state index in [1.54, 1.807) is 0 Å². The number of hydrogen-bond acceptors (Lipinski definition) is 7. The zero-order chi connectivity index (χ0) is 61.3. The summed E-state index contributed by atoms with van der Waals surface area (Å²) in [6.45, 7) is 14.1. The molecule has 0 saturated carbocycles. The molecule has 0 spiro atoms. The largest absolute Gasteiger partial charge is 0.311 e. The number of amides is 6. The maximum Gasteiger partial charge on any atom is 0.261 e. The van der Waals surface area contributed by atoms with Crippen molar-refractivity contribution in [1.82, 2.24) is 14.7 Å². The van der Waals surface area contributed by atoms with Gasteiger partial charge in [0, 0.05) is 86.2 Å². The Hall–Kier alpha value is -9.02. The highest BCUT2D eigenvalue weighted by atomic mass is 16.2. The molecule has 9 aromatic rings. The van der Waals surface area contributed by atoms with Gasteiger partial charge in [-0.2, -0.15) is 0 Å². The molecule has 6 amide bonds. The van der Waals surface area contributed by atoms with Crippen molar-refractivity contribution in [2.24, 2.45) is 17.8 Å². The average Bonchev–Trinajstić information content (AvgIpc) is 0.962. The van der Waals surface area contributed by atoms with Crippen molar-refractivity contribution in [3.05, 3.63) is 197 Å². The van der Waals surface area contributed by atoms with Crippen molar-refractivity contribution < 1.29 is 28.8 Å². The standard InChI is InChI=1S/C78H78N4O6/c1-7-13-19-49(10-4)46-79-73(83)64-25-16-22-61-58(40-43-67(70(61)64)76(79)86)52-28-34-55(35-29-52)82(56-36-30-53(31-37-56)59-41-44-68-71-62(59)23-17-26-65(71)74(84)80(77(68)87)47-50(11-5)20-14-8-2)57-38-32-54(33-39-57)60-42-45-69-72-63(60)24-18-27-66(72)75(85)81(78(69)88)48-51(12-6)21-15-9-3/h16-18,22-45,49-51H,7-15,19-21,46-48H2,1-6H3. The molecule has 3 heterocycles. The van der Waals surface area contributed by atoms with Crippen LogP contribution in [-0.2, 0) is 0 Å². The normalized spacial score (nSPS) is 14.9. The van der Waals surface area contributed by atoms with Gasteiger partial charge >= 0.3 is 0 Å². The molecule has 12 rings (SSSR count). The Kier molecular flexibility index (Phi) is 17.1. The summed E-state index contributed by atoms with van der Waals surface area (Å²) >= 11 is 0. The van der Waals surface area contributed by atoms with Gasteiger partial charge in [0.1, 0.15) is 0 Å². The van der Waals surface area contributed by atoms with E-state index in [4.69, 9.17) is 0 Å². The van der Waals surface area contributed by atoms with Gasteiger partial charge in [0.05, 0.1) is 0 Å². The van der Waals surface area contributed by atoms with Gasteiger partial charge in [-0.15, -0.1) is 0 Å². The number of benzene rings is 9. The molecule has 0 bridgehead atoms. The lowest BCUT2D eigenvalue weighted by molar-refractivity contribution is 0.0565. The summed E-state index contributed by atoms with van der Waals surface area (Å²) in [6, 6.07) is 54.1. The highest BCUT2D eigenvalue weighted by Crippen LogP contribution is 2.44. The van der Waals surface area contributed by atoms with Gasteiger partial charge < -0.3 is 4.90 Å². The Bertz CT molecular complexity index is 3710. The smallest absolute Gasteiger partial charge is 0.261 e. The third kappa shape index (κ3) is 10.7. The second-order valence-electron chi connectivity index (χ2n) is 24.6. The molecule has 10 nitrogen and oxygen atoms in total. The molecule has 0 N–H and O–H groups in total. The van der Waals surface area contributed by atoms with E-state index in [0.29, 0.717) is 69.2 Å². The summed E-state index contributed by atoms with van der Waals surface area (Å²) < 4.78 is 0. The molecule has 3 unspecified atom stereocenters. The van der Waals surface area contributed by atoms with E-state index in [1.807, 2.05) is 91.0 Å². The lowest BCUT2D eigenvalue weighted by Gasteiger charge is -2.31. The Morgan fingerprint density at radius 2 is 0.534 bits per heavy atom. The monoisotopic (exact) mass is 1170 g/mol. The first kappa shape index (κ1) is 59.3. The minimum Gasteiger partial charge on any atom is -0.311 e. The fourth-order valence-corrected chi connectivity index (χ4v) is 14.0. The van der Waals surface area contributed by atoms with E-state index in [9.17, 15) is 28.8 Å². The first-order valence-corrected chi connectivity index (χ1v) is 32.3. The summed E-state index contributed by atoms with van der Waals surface area (Å²) in [7, 11) is 0. The first-order chi connectivity index (χ1) is 42.9. The van der Waals surface area contributed by atoms with Crippen LogP contribution in [0.4, 0.5) is 17.1 Å². The van der Waals surface area contributed by atoms with E-state index in [-0.39, 0.29) is 53.2 Å². The van der Waals surface area contributed by atoms with Crippen LogP contribution in [-0.4, -0.2) is 69.8 Å². The molecule has 0 aromatic heterocycles. The Morgan fingerprint density at radius 3 is 0.773 bits per heavy atom. The third-order valence-electron chi connectivity index (χ3n) is 19.2. The van der Waals surface area contributed by atoms with Crippen LogP contribution >= 0.6 is 0 Å². The van der Waals surface area contributed by atoms with E-state index in [2.05, 4.69) is 119 Å². The van der Waals surface area contributed by atoms with Crippen LogP contribution in [0.3, 0.4) is 0 Å². The molecule has 3 aliphatic heterocycles. The number of imide groups is 3. The number of unbranched alkanes of at least 4 members (excludes halogenated alkanes) is 3. The van der Waals surface area contributed by atoms with Crippen LogP contribution in [0.1, 0.15) is 181 Å².